The van der Waals surface area contributed by atoms with Crippen LogP contribution >= 0.6 is 79.4 Å². The fourth-order valence-electron chi connectivity index (χ4n) is 11.6. The zero-order valence-electron chi connectivity index (χ0n) is 82.1. The number of halogens is 3. The second-order valence-electron chi connectivity index (χ2n) is 32.5. The molecule has 24 nitrogen and oxygen atoms in total. The molecule has 0 fully saturated rings. The van der Waals surface area contributed by atoms with E-state index in [4.69, 9.17) is 47.4 Å². The quantitative estimate of drug-likeness (QED) is 0.0262. The van der Waals surface area contributed by atoms with Crippen LogP contribution in [-0.4, -0.2) is 141 Å². The zero-order valence-corrected chi connectivity index (χ0v) is 87.8. The molecule has 742 valence electrons. The highest BCUT2D eigenvalue weighted by atomic mass is 32.1. The van der Waals surface area contributed by atoms with Gasteiger partial charge in [-0.3, -0.25) is 0 Å². The van der Waals surface area contributed by atoms with E-state index in [1.807, 2.05) is 201 Å². The Labute approximate surface area is 848 Å². The second kappa shape index (κ2) is 56.2. The number of aromatic nitrogens is 7. The number of hydrogen-bond acceptors (Lipinski definition) is 31. The summed E-state index contributed by atoms with van der Waals surface area (Å²) < 4.78 is 89.0. The molecular formula is C107H114F3N7O17S7. The molecule has 14 rings (SSSR count). The molecule has 0 aliphatic rings. The van der Waals surface area contributed by atoms with Gasteiger partial charge in [0, 0.05) is 65.2 Å². The lowest BCUT2D eigenvalue weighted by Gasteiger charge is -2.18. The van der Waals surface area contributed by atoms with Crippen LogP contribution in [-0.2, 0) is 44.7 Å². The highest BCUT2D eigenvalue weighted by Gasteiger charge is 2.31. The van der Waals surface area contributed by atoms with Crippen LogP contribution in [0.2, 0.25) is 0 Å². The van der Waals surface area contributed by atoms with Gasteiger partial charge < -0.3 is 47.4 Å². The molecule has 14 aromatic rings. The van der Waals surface area contributed by atoms with Crippen molar-refractivity contribution in [2.24, 2.45) is 0 Å². The number of thiazole rings is 7. The summed E-state index contributed by atoms with van der Waals surface area (Å²) in [6.45, 7) is 41.3. The lowest BCUT2D eigenvalue weighted by molar-refractivity contribution is -0.137. The summed E-state index contributed by atoms with van der Waals surface area (Å²) in [4.78, 5) is 113. The van der Waals surface area contributed by atoms with E-state index >= 15 is 0 Å². The Bertz CT molecular complexity index is 6290. The average Bonchev–Trinajstić information content (AvgIpc) is 1.79. The summed E-state index contributed by atoms with van der Waals surface area (Å²) in [5, 5.41) is 14.0. The standard InChI is InChI=1S/C18H23NO4S.C16H15NO2S.C16H19NO2S.C15H17NO3S.C15H17NO2S.C14H13NO2S.C13H10F3NO2S/c1-6-21-14-9-7-13(8-10-14)16-19-15(17(20)22-11(2)3)18(24-16)23-12(4)5;1-16(2,3)19-15(18)13-11-20-14(17-13)10-9-12-7-5-4-6-8-12;1-5-19-15(18)13-10-20-14(17-13)11-6-8-12(9-7-11)16(2,3)4;1-4-18-12-8-6-11(7-9-12)14-16-13(10(3)20-14)15(17)19-5-2;1-4-18-15(17)13-9-19-14(16-13)12-7-5-11(6-8-12)10(2)3;1-2-17-14(16)12-10-18-13(15-12)9-8-11-6-4-3-5-7-11;1-2-19-12(18)10-7-20-11(17-10)8-3-5-9(6-4-8)13(14,15)16/h7-12H,6H2,1-5H3;4-8,11H,1-3H3;6-10H,5H2,1-4H3;6-9H,4-5H2,1-3H3;5-10H,4H2,1-3H3;3-10H,2H2,1H3;3-7H,2H2,1H3/b;;;;;9-8+;. The normalized spacial score (nSPS) is 10.9. The molecule has 34 heteroatoms. The third-order valence-electron chi connectivity index (χ3n) is 18.2. The molecule has 0 saturated carbocycles. The monoisotopic (exact) mass is 2050 g/mol. The Hall–Kier alpha value is -13.3. The largest absolute Gasteiger partial charge is 0.494 e. The molecule has 0 amide bonds. The van der Waals surface area contributed by atoms with Gasteiger partial charge in [-0.25, -0.2) is 68.4 Å². The number of nitrogens with zero attached hydrogens (tertiary/aromatic N) is 7. The van der Waals surface area contributed by atoms with Crippen molar-refractivity contribution in [2.75, 3.05) is 46.2 Å². The third kappa shape index (κ3) is 37.4. The maximum Gasteiger partial charge on any atom is 0.416 e. The molecule has 7 aromatic carbocycles. The number of ether oxygens (including phenoxy) is 10. The molecular weight excluding hydrogens is 1940 g/mol. The summed E-state index contributed by atoms with van der Waals surface area (Å²) >= 11 is 9.68. The zero-order chi connectivity index (χ0) is 103. The summed E-state index contributed by atoms with van der Waals surface area (Å²) in [6.07, 6.45) is -0.766. The highest BCUT2D eigenvalue weighted by molar-refractivity contribution is 7.17. The summed E-state index contributed by atoms with van der Waals surface area (Å²) in [6, 6.07) is 56.1. The molecule has 0 atom stereocenters. The number of rotatable bonds is 27. The van der Waals surface area contributed by atoms with Crippen molar-refractivity contribution >= 4 is 133 Å². The van der Waals surface area contributed by atoms with Crippen LogP contribution in [0.5, 0.6) is 16.6 Å². The van der Waals surface area contributed by atoms with E-state index < -0.39 is 35.2 Å². The van der Waals surface area contributed by atoms with Gasteiger partial charge in [0.05, 0.1) is 64.0 Å². The molecule has 7 aromatic heterocycles. The van der Waals surface area contributed by atoms with Gasteiger partial charge in [0.1, 0.15) is 47.1 Å². The van der Waals surface area contributed by atoms with E-state index in [1.54, 1.807) is 70.0 Å². The Morgan fingerprint density at radius 2 is 0.766 bits per heavy atom. The Balaban J connectivity index is 0.000000202. The minimum atomic E-state index is -4.36. The lowest BCUT2D eigenvalue weighted by atomic mass is 9.87. The molecule has 7 heterocycles. The van der Waals surface area contributed by atoms with Crippen LogP contribution in [0.4, 0.5) is 13.2 Å². The predicted octanol–water partition coefficient (Wildman–Crippen LogP) is 27.6. The van der Waals surface area contributed by atoms with Gasteiger partial charge in [-0.05, 0) is 217 Å². The predicted molar refractivity (Wildman–Crippen MR) is 556 cm³/mol. The van der Waals surface area contributed by atoms with E-state index in [2.05, 4.69) is 106 Å². The Kier molecular flexibility index (Phi) is 45.1. The number of hydrogen-bond donors (Lipinski definition) is 0. The number of carbonyl (C=O) groups is 7. The fraction of sp³-hybridized carbons (Fsp3) is 0.308. The first-order valence-corrected chi connectivity index (χ1v) is 51.1. The number of carbonyl (C=O) groups excluding carboxylic acids is 7. The van der Waals surface area contributed by atoms with Crippen molar-refractivity contribution < 1.29 is 94.1 Å². The smallest absolute Gasteiger partial charge is 0.416 e. The molecule has 0 spiro atoms. The Morgan fingerprint density at radius 3 is 1.18 bits per heavy atom. The van der Waals surface area contributed by atoms with Gasteiger partial charge >= 0.3 is 48.0 Å². The van der Waals surface area contributed by atoms with E-state index in [0.717, 1.165) is 81.9 Å². The highest BCUT2D eigenvalue weighted by Crippen LogP contribution is 2.38. The summed E-state index contributed by atoms with van der Waals surface area (Å²) in [5.74, 6) is 5.23. The van der Waals surface area contributed by atoms with Crippen molar-refractivity contribution in [2.45, 2.75) is 174 Å². The number of alkyl halides is 3. The Morgan fingerprint density at radius 1 is 0.376 bits per heavy atom. The first-order valence-electron chi connectivity index (χ1n) is 45.1. The SMILES string of the molecule is CC(C)(C)OC(=O)c1csc(C#Cc2ccccc2)n1.CCOC(=O)c1csc(-c2ccc(C(C)(C)C)cc2)n1.CCOC(=O)c1csc(-c2ccc(C(C)C)cc2)n1.CCOC(=O)c1csc(-c2ccc(C(F)(F)F)cc2)n1.CCOC(=O)c1csc(/C=C/c2ccccc2)n1.CCOC(=O)c1nc(-c2ccc(OCC)cc2)sc1C.CCOc1ccc(-c2nc(C(=O)OC(C)C)c(OC(C)C)s2)cc1. The van der Waals surface area contributed by atoms with Crippen LogP contribution < -0.4 is 14.2 Å². The molecule has 0 N–H and O–H groups in total. The van der Waals surface area contributed by atoms with Gasteiger partial charge in [-0.2, -0.15) is 13.2 Å². The van der Waals surface area contributed by atoms with Crippen molar-refractivity contribution in [1.29, 1.82) is 0 Å². The molecule has 141 heavy (non-hydrogen) atoms. The van der Waals surface area contributed by atoms with Gasteiger partial charge in [0.25, 0.3) is 0 Å². The maximum absolute atomic E-state index is 12.4. The first-order chi connectivity index (χ1) is 67.2. The van der Waals surface area contributed by atoms with Crippen LogP contribution in [0.3, 0.4) is 0 Å². The maximum atomic E-state index is 12.4. The summed E-state index contributed by atoms with van der Waals surface area (Å²) in [5.41, 5.74) is 10.2. The van der Waals surface area contributed by atoms with Gasteiger partial charge in [-0.1, -0.05) is 167 Å². The second-order valence-corrected chi connectivity index (χ2v) is 39.0. The summed E-state index contributed by atoms with van der Waals surface area (Å²) in [7, 11) is 0. The van der Waals surface area contributed by atoms with Crippen LogP contribution in [0.15, 0.2) is 209 Å². The van der Waals surface area contributed by atoms with Crippen molar-refractivity contribution in [3.63, 3.8) is 0 Å². The van der Waals surface area contributed by atoms with E-state index in [1.165, 1.54) is 108 Å². The molecule has 0 saturated heterocycles. The number of esters is 7. The minimum absolute atomic E-state index is 0.0516. The first kappa shape index (κ1) is 113. The van der Waals surface area contributed by atoms with E-state index in [-0.39, 0.29) is 59.5 Å². The minimum Gasteiger partial charge on any atom is -0.494 e. The molecule has 0 aliphatic carbocycles. The van der Waals surface area contributed by atoms with Crippen LogP contribution in [0, 0.1) is 18.8 Å². The van der Waals surface area contributed by atoms with Crippen molar-refractivity contribution in [3.05, 3.63) is 291 Å². The van der Waals surface area contributed by atoms with Crippen molar-refractivity contribution in [3.8, 4) is 81.3 Å². The van der Waals surface area contributed by atoms with Crippen molar-refractivity contribution in [1.82, 2.24) is 34.9 Å². The van der Waals surface area contributed by atoms with Crippen LogP contribution in [0.1, 0.15) is 254 Å². The molecule has 0 unspecified atom stereocenters. The fourth-order valence-corrected chi connectivity index (χ4v) is 17.2. The third-order valence-corrected chi connectivity index (χ3v) is 24.5. The van der Waals surface area contributed by atoms with E-state index in [0.29, 0.717) is 99.7 Å². The topological polar surface area (TPSA) is 302 Å². The average molecular weight is 2050 g/mol. The molecule has 0 radical (unpaired) electrons. The number of benzene rings is 7. The molecule has 0 bridgehead atoms. The lowest BCUT2D eigenvalue weighted by Crippen LogP contribution is -2.24. The van der Waals surface area contributed by atoms with Gasteiger partial charge in [0.2, 0.25) is 10.8 Å². The van der Waals surface area contributed by atoms with Crippen LogP contribution in [0.25, 0.3) is 65.0 Å². The van der Waals surface area contributed by atoms with E-state index in [9.17, 15) is 46.7 Å². The molecule has 0 aliphatic heterocycles. The number of aryl methyl sites for hydroxylation is 1. The van der Waals surface area contributed by atoms with Gasteiger partial charge in [-0.15, -0.1) is 68.0 Å². The van der Waals surface area contributed by atoms with Gasteiger partial charge in [0.15, 0.2) is 39.2 Å².